The Morgan fingerprint density at radius 3 is 2.34 bits per heavy atom. The molecule has 1 aliphatic carbocycles. The van der Waals surface area contributed by atoms with Gasteiger partial charge in [-0.3, -0.25) is 9.59 Å². The second-order valence-corrected chi connectivity index (χ2v) is 7.35. The number of benzene rings is 2. The van der Waals surface area contributed by atoms with Crippen LogP contribution in [0.4, 0.5) is 17.1 Å². The topological polar surface area (TPSA) is 85.2 Å². The van der Waals surface area contributed by atoms with Crippen molar-refractivity contribution >= 4 is 28.9 Å². The third-order valence-corrected chi connectivity index (χ3v) is 5.46. The fraction of sp³-hybridized carbons (Fsp3) is 0.348. The van der Waals surface area contributed by atoms with Gasteiger partial charge in [0.1, 0.15) is 5.41 Å². The van der Waals surface area contributed by atoms with E-state index in [1.807, 2.05) is 25.1 Å². The zero-order chi connectivity index (χ0) is 21.0. The first-order chi connectivity index (χ1) is 13.9. The Kier molecular flexibility index (Phi) is 5.88. The zero-order valence-electron chi connectivity index (χ0n) is 17.1. The van der Waals surface area contributed by atoms with Crippen molar-refractivity contribution in [3.05, 3.63) is 53.6 Å². The number of carbonyl (C=O) groups is 2. The molecule has 0 heterocycles. The summed E-state index contributed by atoms with van der Waals surface area (Å²) in [7, 11) is 0. The molecule has 6 heteroatoms. The van der Waals surface area contributed by atoms with Gasteiger partial charge in [-0.25, -0.2) is 0 Å². The third kappa shape index (κ3) is 4.24. The molecule has 2 N–H and O–H groups in total. The minimum Gasteiger partial charge on any atom is -0.372 e. The molecule has 0 spiro atoms. The smallest absolute Gasteiger partial charge is 0.240 e. The van der Waals surface area contributed by atoms with E-state index >= 15 is 0 Å². The maximum Gasteiger partial charge on any atom is 0.240 e. The van der Waals surface area contributed by atoms with Gasteiger partial charge in [0.2, 0.25) is 11.8 Å². The fourth-order valence-electron chi connectivity index (χ4n) is 3.41. The number of rotatable bonds is 7. The molecular weight excluding hydrogens is 364 g/mol. The van der Waals surface area contributed by atoms with Crippen molar-refractivity contribution in [3.63, 3.8) is 0 Å². The summed E-state index contributed by atoms with van der Waals surface area (Å²) in [6, 6.07) is 14.7. The lowest BCUT2D eigenvalue weighted by Crippen LogP contribution is -2.35. The first-order valence-corrected chi connectivity index (χ1v) is 9.92. The number of aryl methyl sites for hydroxylation is 1. The SMILES string of the molecule is CCN(CC)c1ccc(NC(=O)C2(C(=O)Nc3cccc(C#N)c3)CC2)c(C)c1. The van der Waals surface area contributed by atoms with Crippen molar-refractivity contribution in [3.8, 4) is 6.07 Å². The molecule has 1 fully saturated rings. The van der Waals surface area contributed by atoms with Crippen LogP contribution >= 0.6 is 0 Å². The molecule has 0 atom stereocenters. The number of nitrogens with zero attached hydrogens (tertiary/aromatic N) is 2. The number of hydrogen-bond donors (Lipinski definition) is 2. The standard InChI is InChI=1S/C23H26N4O2/c1-4-27(5-2)19-9-10-20(16(3)13-19)26-22(29)23(11-12-23)21(28)25-18-8-6-7-17(14-18)15-24/h6-10,13-14H,4-5,11-12H2,1-3H3,(H,25,28)(H,26,29). The van der Waals surface area contributed by atoms with Crippen LogP contribution in [0.5, 0.6) is 0 Å². The summed E-state index contributed by atoms with van der Waals surface area (Å²) >= 11 is 0. The van der Waals surface area contributed by atoms with Gasteiger partial charge < -0.3 is 15.5 Å². The molecule has 29 heavy (non-hydrogen) atoms. The number of anilines is 3. The molecule has 6 nitrogen and oxygen atoms in total. The van der Waals surface area contributed by atoms with Gasteiger partial charge in [-0.05, 0) is 75.6 Å². The van der Waals surface area contributed by atoms with Crippen LogP contribution in [0.25, 0.3) is 0 Å². The molecule has 0 saturated heterocycles. The lowest BCUT2D eigenvalue weighted by molar-refractivity contribution is -0.131. The summed E-state index contributed by atoms with van der Waals surface area (Å²) in [5.41, 5.74) is 2.72. The molecule has 0 unspecified atom stereocenters. The fourth-order valence-corrected chi connectivity index (χ4v) is 3.41. The van der Waals surface area contributed by atoms with Gasteiger partial charge in [0.05, 0.1) is 11.6 Å². The normalized spacial score (nSPS) is 13.9. The number of nitrogens with one attached hydrogen (secondary N) is 2. The molecule has 0 aliphatic heterocycles. The van der Waals surface area contributed by atoms with E-state index in [0.29, 0.717) is 24.1 Å². The van der Waals surface area contributed by atoms with Crippen LogP contribution < -0.4 is 15.5 Å². The van der Waals surface area contributed by atoms with Crippen molar-refractivity contribution in [2.45, 2.75) is 33.6 Å². The van der Waals surface area contributed by atoms with E-state index < -0.39 is 5.41 Å². The average molecular weight is 390 g/mol. The summed E-state index contributed by atoms with van der Waals surface area (Å²) < 4.78 is 0. The van der Waals surface area contributed by atoms with Crippen LogP contribution in [-0.4, -0.2) is 24.9 Å². The molecule has 0 radical (unpaired) electrons. The zero-order valence-corrected chi connectivity index (χ0v) is 17.1. The molecule has 2 amide bonds. The molecule has 150 valence electrons. The Bertz CT molecular complexity index is 969. The van der Waals surface area contributed by atoms with Gasteiger partial charge >= 0.3 is 0 Å². The molecule has 2 aromatic carbocycles. The summed E-state index contributed by atoms with van der Waals surface area (Å²) in [5.74, 6) is -0.618. The third-order valence-electron chi connectivity index (χ3n) is 5.46. The van der Waals surface area contributed by atoms with Crippen LogP contribution in [0.15, 0.2) is 42.5 Å². The van der Waals surface area contributed by atoms with Crippen LogP contribution in [0.2, 0.25) is 0 Å². The largest absolute Gasteiger partial charge is 0.372 e. The second kappa shape index (κ2) is 8.36. The number of carbonyl (C=O) groups excluding carboxylic acids is 2. The Balaban J connectivity index is 1.71. The highest BCUT2D eigenvalue weighted by Crippen LogP contribution is 2.47. The average Bonchev–Trinajstić information content (AvgIpc) is 3.53. The Labute approximate surface area is 171 Å². The quantitative estimate of drug-likeness (QED) is 0.698. The Morgan fingerprint density at radius 1 is 1.07 bits per heavy atom. The molecule has 1 saturated carbocycles. The maximum absolute atomic E-state index is 12.9. The molecule has 0 aromatic heterocycles. The first kappa shape index (κ1) is 20.4. The van der Waals surface area contributed by atoms with Crippen LogP contribution in [0, 0.1) is 23.7 Å². The molecule has 2 aromatic rings. The van der Waals surface area contributed by atoms with E-state index in [9.17, 15) is 9.59 Å². The summed E-state index contributed by atoms with van der Waals surface area (Å²) in [6.45, 7) is 8.00. The maximum atomic E-state index is 12.9. The lowest BCUT2D eigenvalue weighted by atomic mass is 10.0. The first-order valence-electron chi connectivity index (χ1n) is 9.92. The van der Waals surface area contributed by atoms with Crippen molar-refractivity contribution in [1.29, 1.82) is 5.26 Å². The Morgan fingerprint density at radius 2 is 1.76 bits per heavy atom. The highest BCUT2D eigenvalue weighted by Gasteiger charge is 2.56. The summed E-state index contributed by atoms with van der Waals surface area (Å²) in [6.07, 6.45) is 1.03. The lowest BCUT2D eigenvalue weighted by Gasteiger charge is -2.22. The molecule has 3 rings (SSSR count). The summed E-state index contributed by atoms with van der Waals surface area (Å²) in [5, 5.41) is 14.7. The predicted octanol–water partition coefficient (Wildman–Crippen LogP) is 4.07. The van der Waals surface area contributed by atoms with E-state index in [2.05, 4.69) is 35.4 Å². The van der Waals surface area contributed by atoms with Crippen molar-refractivity contribution in [2.75, 3.05) is 28.6 Å². The highest BCUT2D eigenvalue weighted by atomic mass is 16.2. The van der Waals surface area contributed by atoms with Crippen molar-refractivity contribution in [1.82, 2.24) is 0 Å². The van der Waals surface area contributed by atoms with Gasteiger partial charge in [-0.15, -0.1) is 0 Å². The number of amides is 2. The van der Waals surface area contributed by atoms with Crippen LogP contribution in [0.1, 0.15) is 37.8 Å². The van der Waals surface area contributed by atoms with Crippen molar-refractivity contribution < 1.29 is 9.59 Å². The predicted molar refractivity (Wildman–Crippen MR) is 115 cm³/mol. The van der Waals surface area contributed by atoms with Crippen LogP contribution in [0.3, 0.4) is 0 Å². The number of nitriles is 1. The minimum absolute atomic E-state index is 0.287. The second-order valence-electron chi connectivity index (χ2n) is 7.35. The monoisotopic (exact) mass is 390 g/mol. The van der Waals surface area contributed by atoms with Gasteiger partial charge in [-0.1, -0.05) is 6.07 Å². The van der Waals surface area contributed by atoms with Gasteiger partial charge in [-0.2, -0.15) is 5.26 Å². The van der Waals surface area contributed by atoms with Crippen LogP contribution in [-0.2, 0) is 9.59 Å². The van der Waals surface area contributed by atoms with Gasteiger partial charge in [0.15, 0.2) is 0 Å². The van der Waals surface area contributed by atoms with Gasteiger partial charge in [0, 0.05) is 30.2 Å². The number of hydrogen-bond acceptors (Lipinski definition) is 4. The van der Waals surface area contributed by atoms with Crippen molar-refractivity contribution in [2.24, 2.45) is 5.41 Å². The minimum atomic E-state index is -1.05. The molecular formula is C23H26N4O2. The van der Waals surface area contributed by atoms with Gasteiger partial charge in [0.25, 0.3) is 0 Å². The van der Waals surface area contributed by atoms with E-state index in [-0.39, 0.29) is 11.8 Å². The van der Waals surface area contributed by atoms with E-state index in [4.69, 9.17) is 5.26 Å². The highest BCUT2D eigenvalue weighted by molar-refractivity contribution is 6.17. The Hall–Kier alpha value is -3.33. The summed E-state index contributed by atoms with van der Waals surface area (Å²) in [4.78, 5) is 27.9. The molecule has 1 aliphatic rings. The molecule has 0 bridgehead atoms. The van der Waals surface area contributed by atoms with E-state index in [1.165, 1.54) is 0 Å². The van der Waals surface area contributed by atoms with E-state index in [1.54, 1.807) is 24.3 Å². The van der Waals surface area contributed by atoms with E-state index in [0.717, 1.165) is 30.0 Å².